The Balaban J connectivity index is 2.93. The Hall–Kier alpha value is -1.59. The van der Waals surface area contributed by atoms with Crippen LogP contribution >= 0.6 is 0 Å². The number of aliphatic hydroxyl groups excluding tert-OH is 1. The second kappa shape index (κ2) is 6.09. The van der Waals surface area contributed by atoms with E-state index in [2.05, 4.69) is 6.58 Å². The van der Waals surface area contributed by atoms with Gasteiger partial charge in [0.15, 0.2) is 5.75 Å². The van der Waals surface area contributed by atoms with Gasteiger partial charge in [0.05, 0.1) is 18.9 Å². The molecular formula is C11H15NO4. The highest BCUT2D eigenvalue weighted by Gasteiger charge is 2.08. The third-order valence-corrected chi connectivity index (χ3v) is 2.06. The average Bonchev–Trinajstić information content (AvgIpc) is 2.28. The van der Waals surface area contributed by atoms with Crippen LogP contribution in [0.4, 0.5) is 0 Å². The lowest BCUT2D eigenvalue weighted by atomic mass is 10.2. The molecule has 5 heteroatoms. The van der Waals surface area contributed by atoms with E-state index in [1.807, 2.05) is 0 Å². The van der Waals surface area contributed by atoms with Crippen LogP contribution in [0.1, 0.15) is 5.69 Å². The van der Waals surface area contributed by atoms with Crippen molar-refractivity contribution in [2.45, 2.75) is 13.2 Å². The van der Waals surface area contributed by atoms with Gasteiger partial charge < -0.3 is 19.5 Å². The molecule has 0 saturated carbocycles. The maximum Gasteiger partial charge on any atom is 0.223 e. The molecule has 1 rings (SSSR count). The van der Waals surface area contributed by atoms with E-state index in [9.17, 15) is 9.90 Å². The van der Waals surface area contributed by atoms with Crippen molar-refractivity contribution in [3.05, 3.63) is 40.8 Å². The normalized spacial score (nSPS) is 10.3. The summed E-state index contributed by atoms with van der Waals surface area (Å²) in [5, 5.41) is 18.1. The number of rotatable bonds is 6. The first-order valence-electron chi connectivity index (χ1n) is 4.91. The highest BCUT2D eigenvalue weighted by Crippen LogP contribution is 2.12. The molecule has 5 nitrogen and oxygen atoms in total. The summed E-state index contributed by atoms with van der Waals surface area (Å²) in [6.45, 7) is 3.88. The quantitative estimate of drug-likeness (QED) is 0.537. The molecule has 0 unspecified atom stereocenters. The van der Waals surface area contributed by atoms with Crippen molar-refractivity contribution in [3.8, 4) is 5.75 Å². The van der Waals surface area contributed by atoms with Crippen LogP contribution in [-0.4, -0.2) is 28.0 Å². The van der Waals surface area contributed by atoms with Crippen molar-refractivity contribution in [2.75, 3.05) is 13.2 Å². The van der Waals surface area contributed by atoms with Crippen LogP contribution in [0.2, 0.25) is 0 Å². The minimum absolute atomic E-state index is 0.0665. The van der Waals surface area contributed by atoms with Crippen LogP contribution < -0.4 is 5.43 Å². The third kappa shape index (κ3) is 2.95. The zero-order valence-electron chi connectivity index (χ0n) is 8.93. The fourth-order valence-corrected chi connectivity index (χ4v) is 1.30. The highest BCUT2D eigenvalue weighted by atomic mass is 16.5. The van der Waals surface area contributed by atoms with Gasteiger partial charge in [-0.25, -0.2) is 0 Å². The summed E-state index contributed by atoms with van der Waals surface area (Å²) in [4.78, 5) is 11.2. The van der Waals surface area contributed by atoms with Gasteiger partial charge in [-0.2, -0.15) is 0 Å². The number of hydrogen-bond donors (Lipinski definition) is 2. The van der Waals surface area contributed by atoms with Gasteiger partial charge in [0.2, 0.25) is 5.43 Å². The molecule has 0 spiro atoms. The zero-order chi connectivity index (χ0) is 12.0. The lowest BCUT2D eigenvalue weighted by molar-refractivity contribution is 0.0463. The molecule has 0 fully saturated rings. The van der Waals surface area contributed by atoms with Gasteiger partial charge in [0.1, 0.15) is 6.73 Å². The van der Waals surface area contributed by atoms with Crippen molar-refractivity contribution in [3.63, 3.8) is 0 Å². The Morgan fingerprint density at radius 2 is 2.31 bits per heavy atom. The number of pyridine rings is 1. The molecule has 0 aliphatic carbocycles. The van der Waals surface area contributed by atoms with Gasteiger partial charge in [-0.05, 0) is 0 Å². The Morgan fingerprint density at radius 3 is 2.94 bits per heavy atom. The molecule has 88 valence electrons. The van der Waals surface area contributed by atoms with Crippen molar-refractivity contribution in [1.29, 1.82) is 0 Å². The number of ether oxygens (including phenoxy) is 1. The average molecular weight is 225 g/mol. The second-order valence-electron chi connectivity index (χ2n) is 3.20. The summed E-state index contributed by atoms with van der Waals surface area (Å²) < 4.78 is 6.72. The zero-order valence-corrected chi connectivity index (χ0v) is 8.93. The van der Waals surface area contributed by atoms with Crippen LogP contribution in [-0.2, 0) is 17.9 Å². The maximum atomic E-state index is 11.2. The molecule has 16 heavy (non-hydrogen) atoms. The van der Waals surface area contributed by atoms with Gasteiger partial charge in [0.25, 0.3) is 0 Å². The summed E-state index contributed by atoms with van der Waals surface area (Å²) in [5.41, 5.74) is 0.0377. The van der Waals surface area contributed by atoms with Gasteiger partial charge in [-0.1, -0.05) is 6.08 Å². The van der Waals surface area contributed by atoms with E-state index in [1.165, 1.54) is 12.3 Å². The summed E-state index contributed by atoms with van der Waals surface area (Å²) in [7, 11) is 0. The van der Waals surface area contributed by atoms with Crippen molar-refractivity contribution >= 4 is 0 Å². The minimum atomic E-state index is -0.421. The first kappa shape index (κ1) is 12.5. The number of aromatic nitrogens is 1. The Labute approximate surface area is 93.2 Å². The molecule has 0 aliphatic rings. The second-order valence-corrected chi connectivity index (χ2v) is 3.20. The summed E-state index contributed by atoms with van der Waals surface area (Å²) >= 11 is 0. The number of allylic oxidation sites excluding steroid dienone is 1. The predicted octanol–water partition coefficient (Wildman–Crippen LogP) is 0.249. The van der Waals surface area contributed by atoms with Crippen LogP contribution in [0.5, 0.6) is 5.75 Å². The van der Waals surface area contributed by atoms with E-state index >= 15 is 0 Å². The first-order valence-corrected chi connectivity index (χ1v) is 4.91. The minimum Gasteiger partial charge on any atom is -0.503 e. The molecule has 0 radical (unpaired) electrons. The number of aliphatic hydroxyl groups is 1. The molecule has 0 aliphatic heterocycles. The smallest absolute Gasteiger partial charge is 0.223 e. The fraction of sp³-hybridized carbons (Fsp3) is 0.364. The van der Waals surface area contributed by atoms with Crippen LogP contribution in [0.25, 0.3) is 0 Å². The van der Waals surface area contributed by atoms with Crippen LogP contribution in [0.15, 0.2) is 29.7 Å². The molecule has 0 atom stereocenters. The van der Waals surface area contributed by atoms with E-state index in [-0.39, 0.29) is 25.7 Å². The molecule has 1 aromatic heterocycles. The molecule has 0 saturated heterocycles. The van der Waals surface area contributed by atoms with Gasteiger partial charge in [-0.15, -0.1) is 6.58 Å². The molecule has 0 bridgehead atoms. The van der Waals surface area contributed by atoms with Crippen LogP contribution in [0, 0.1) is 0 Å². The molecule has 1 heterocycles. The summed E-state index contributed by atoms with van der Waals surface area (Å²) in [6, 6.07) is 1.27. The van der Waals surface area contributed by atoms with Crippen molar-refractivity contribution in [2.24, 2.45) is 0 Å². The highest BCUT2D eigenvalue weighted by molar-refractivity contribution is 5.28. The standard InChI is InChI=1S/C11H15NO4/c1-2-3-9-11(15)10(14)4-5-12(9)8-16-7-6-13/h2,4-5,13,15H,1,3,6-8H2. The lowest BCUT2D eigenvalue weighted by Gasteiger charge is -2.13. The Bertz CT molecular complexity index is 411. The van der Waals surface area contributed by atoms with E-state index in [0.717, 1.165) is 0 Å². The van der Waals surface area contributed by atoms with Gasteiger partial charge in [-0.3, -0.25) is 4.79 Å². The van der Waals surface area contributed by atoms with E-state index in [0.29, 0.717) is 12.1 Å². The van der Waals surface area contributed by atoms with E-state index < -0.39 is 5.43 Å². The molecular weight excluding hydrogens is 210 g/mol. The number of nitrogens with zero attached hydrogens (tertiary/aromatic N) is 1. The van der Waals surface area contributed by atoms with E-state index in [4.69, 9.17) is 9.84 Å². The van der Waals surface area contributed by atoms with Crippen molar-refractivity contribution < 1.29 is 14.9 Å². The van der Waals surface area contributed by atoms with E-state index in [1.54, 1.807) is 10.6 Å². The maximum absolute atomic E-state index is 11.2. The lowest BCUT2D eigenvalue weighted by Crippen LogP contribution is -2.14. The topological polar surface area (TPSA) is 71.7 Å². The summed E-state index contributed by atoms with van der Waals surface area (Å²) in [5.74, 6) is -0.282. The number of aromatic hydroxyl groups is 1. The molecule has 1 aromatic rings. The van der Waals surface area contributed by atoms with Gasteiger partial charge >= 0.3 is 0 Å². The van der Waals surface area contributed by atoms with Crippen molar-refractivity contribution in [1.82, 2.24) is 4.57 Å². The monoisotopic (exact) mass is 225 g/mol. The first-order chi connectivity index (χ1) is 7.70. The summed E-state index contributed by atoms with van der Waals surface area (Å²) in [6.07, 6.45) is 3.51. The largest absolute Gasteiger partial charge is 0.503 e. The Kier molecular flexibility index (Phi) is 4.75. The molecule has 0 aromatic carbocycles. The predicted molar refractivity (Wildman–Crippen MR) is 59.3 cm³/mol. The van der Waals surface area contributed by atoms with Crippen LogP contribution in [0.3, 0.4) is 0 Å². The van der Waals surface area contributed by atoms with Gasteiger partial charge in [0, 0.05) is 18.7 Å². The fourth-order valence-electron chi connectivity index (χ4n) is 1.30. The third-order valence-electron chi connectivity index (χ3n) is 2.06. The SMILES string of the molecule is C=CCc1c(O)c(=O)ccn1COCCO. The molecule has 0 amide bonds. The number of hydrogen-bond acceptors (Lipinski definition) is 4. The molecule has 2 N–H and O–H groups in total. The Morgan fingerprint density at radius 1 is 1.56 bits per heavy atom.